The molecule has 2 N–H and O–H groups in total. The van der Waals surface area contributed by atoms with Crippen LogP contribution in [0.25, 0.3) is 22.0 Å². The summed E-state index contributed by atoms with van der Waals surface area (Å²) in [5, 5.41) is 4.89. The number of aromatic amines is 1. The monoisotopic (exact) mass is 381 g/mol. The highest BCUT2D eigenvalue weighted by atomic mass is 35.5. The zero-order chi connectivity index (χ0) is 18.1. The van der Waals surface area contributed by atoms with Gasteiger partial charge in [0.1, 0.15) is 5.82 Å². The lowest BCUT2D eigenvalue weighted by molar-refractivity contribution is 1.30. The van der Waals surface area contributed by atoms with Gasteiger partial charge in [0.2, 0.25) is 5.43 Å². The molecule has 0 bridgehead atoms. The van der Waals surface area contributed by atoms with E-state index in [1.807, 2.05) is 24.3 Å². The summed E-state index contributed by atoms with van der Waals surface area (Å²) in [7, 11) is 0. The second-order valence-corrected chi connectivity index (χ2v) is 6.63. The van der Waals surface area contributed by atoms with Gasteiger partial charge in [-0.15, -0.1) is 0 Å². The van der Waals surface area contributed by atoms with Gasteiger partial charge >= 0.3 is 0 Å². The molecule has 0 saturated carbocycles. The minimum Gasteiger partial charge on any atom is -0.360 e. The Balaban J connectivity index is 1.87. The smallest absolute Gasteiger partial charge is 0.200 e. The summed E-state index contributed by atoms with van der Waals surface area (Å²) < 4.78 is 0. The molecular formula is C20H13Cl2N3O. The van der Waals surface area contributed by atoms with Gasteiger partial charge in [0.15, 0.2) is 0 Å². The molecule has 0 amide bonds. The normalized spacial score (nSPS) is 10.8. The van der Waals surface area contributed by atoms with Crippen molar-refractivity contribution in [2.75, 3.05) is 5.32 Å². The Hall–Kier alpha value is -2.82. The second-order valence-electron chi connectivity index (χ2n) is 5.76. The zero-order valence-electron chi connectivity index (χ0n) is 13.5. The fourth-order valence-corrected chi connectivity index (χ4v) is 3.12. The van der Waals surface area contributed by atoms with Gasteiger partial charge in [-0.1, -0.05) is 41.4 Å². The van der Waals surface area contributed by atoms with E-state index in [0.717, 1.165) is 11.3 Å². The minimum absolute atomic E-state index is 0.112. The summed E-state index contributed by atoms with van der Waals surface area (Å²) >= 11 is 12.0. The van der Waals surface area contributed by atoms with Crippen LogP contribution in [0.5, 0.6) is 0 Å². The van der Waals surface area contributed by atoms with Gasteiger partial charge < -0.3 is 10.3 Å². The Kier molecular flexibility index (Phi) is 4.37. The van der Waals surface area contributed by atoms with Gasteiger partial charge in [-0.25, -0.2) is 4.98 Å². The first kappa shape index (κ1) is 16.6. The number of H-pyrrole nitrogens is 1. The predicted octanol–water partition coefficient (Wildman–Crippen LogP) is 5.64. The van der Waals surface area contributed by atoms with Crippen LogP contribution in [0.2, 0.25) is 10.0 Å². The van der Waals surface area contributed by atoms with E-state index in [9.17, 15) is 4.79 Å². The molecule has 0 radical (unpaired) electrons. The standard InChI is InChI=1S/C20H13Cl2N3O/c21-13-6-4-12(5-7-13)16-11-24-17-8-9-23-20(18(17)19(16)26)25-15-3-1-2-14(22)10-15/h1-11H,(H,23,25)(H,24,26). The van der Waals surface area contributed by atoms with Crippen LogP contribution in [0.3, 0.4) is 0 Å². The Morgan fingerprint density at radius 1 is 0.962 bits per heavy atom. The number of benzene rings is 2. The first-order chi connectivity index (χ1) is 12.6. The van der Waals surface area contributed by atoms with Crippen LogP contribution in [0.4, 0.5) is 11.5 Å². The molecule has 0 saturated heterocycles. The molecule has 2 heterocycles. The molecule has 128 valence electrons. The maximum atomic E-state index is 13.1. The molecule has 2 aromatic heterocycles. The molecule has 4 aromatic rings. The van der Waals surface area contributed by atoms with E-state index >= 15 is 0 Å². The molecule has 0 spiro atoms. The number of rotatable bonds is 3. The maximum Gasteiger partial charge on any atom is 0.200 e. The molecule has 26 heavy (non-hydrogen) atoms. The lowest BCUT2D eigenvalue weighted by Crippen LogP contribution is -2.09. The van der Waals surface area contributed by atoms with Gasteiger partial charge in [0.25, 0.3) is 0 Å². The predicted molar refractivity (Wildman–Crippen MR) is 108 cm³/mol. The molecule has 0 aliphatic carbocycles. The summed E-state index contributed by atoms with van der Waals surface area (Å²) in [5.41, 5.74) is 2.69. The van der Waals surface area contributed by atoms with Crippen LogP contribution in [-0.2, 0) is 0 Å². The highest BCUT2D eigenvalue weighted by Gasteiger charge is 2.12. The molecule has 0 atom stereocenters. The Morgan fingerprint density at radius 3 is 2.54 bits per heavy atom. The van der Waals surface area contributed by atoms with Gasteiger partial charge in [0.05, 0.1) is 10.9 Å². The van der Waals surface area contributed by atoms with Crippen molar-refractivity contribution < 1.29 is 0 Å². The van der Waals surface area contributed by atoms with Crippen LogP contribution < -0.4 is 10.7 Å². The third-order valence-corrected chi connectivity index (χ3v) is 4.52. The van der Waals surface area contributed by atoms with E-state index in [4.69, 9.17) is 23.2 Å². The Morgan fingerprint density at radius 2 is 1.77 bits per heavy atom. The molecule has 2 aromatic carbocycles. The van der Waals surface area contributed by atoms with Crippen molar-refractivity contribution in [3.63, 3.8) is 0 Å². The van der Waals surface area contributed by atoms with Crippen molar-refractivity contribution >= 4 is 45.6 Å². The van der Waals surface area contributed by atoms with Crippen molar-refractivity contribution in [1.29, 1.82) is 0 Å². The van der Waals surface area contributed by atoms with E-state index in [-0.39, 0.29) is 5.43 Å². The first-order valence-electron chi connectivity index (χ1n) is 7.91. The number of nitrogens with zero attached hydrogens (tertiary/aromatic N) is 1. The number of halogens is 2. The van der Waals surface area contributed by atoms with Gasteiger partial charge in [-0.05, 0) is 42.0 Å². The van der Waals surface area contributed by atoms with Crippen LogP contribution in [-0.4, -0.2) is 9.97 Å². The number of anilines is 2. The van der Waals surface area contributed by atoms with Gasteiger partial charge in [-0.3, -0.25) is 4.79 Å². The third-order valence-electron chi connectivity index (χ3n) is 4.04. The largest absolute Gasteiger partial charge is 0.360 e. The number of nitrogens with one attached hydrogen (secondary N) is 2. The fraction of sp³-hybridized carbons (Fsp3) is 0. The van der Waals surface area contributed by atoms with E-state index in [1.54, 1.807) is 42.7 Å². The van der Waals surface area contributed by atoms with Crippen LogP contribution in [0.15, 0.2) is 71.8 Å². The Labute approximate surface area is 159 Å². The number of hydrogen-bond acceptors (Lipinski definition) is 3. The van der Waals surface area contributed by atoms with Crippen molar-refractivity contribution in [3.8, 4) is 11.1 Å². The Bertz CT molecular complexity index is 1150. The van der Waals surface area contributed by atoms with Crippen molar-refractivity contribution in [3.05, 3.63) is 87.3 Å². The summed E-state index contributed by atoms with van der Waals surface area (Å²) in [5.74, 6) is 0.474. The zero-order valence-corrected chi connectivity index (χ0v) is 15.0. The van der Waals surface area contributed by atoms with E-state index in [0.29, 0.717) is 32.3 Å². The average Bonchev–Trinajstić information content (AvgIpc) is 2.63. The summed E-state index contributed by atoms with van der Waals surface area (Å²) in [4.78, 5) is 20.7. The SMILES string of the molecule is O=c1c(-c2ccc(Cl)cc2)c[nH]c2ccnc(Nc3cccc(Cl)c3)c12. The molecular weight excluding hydrogens is 369 g/mol. The summed E-state index contributed by atoms with van der Waals surface area (Å²) in [6.07, 6.45) is 3.35. The molecule has 4 rings (SSSR count). The molecule has 4 nitrogen and oxygen atoms in total. The number of hydrogen-bond donors (Lipinski definition) is 2. The summed E-state index contributed by atoms with van der Waals surface area (Å²) in [6.45, 7) is 0. The first-order valence-corrected chi connectivity index (χ1v) is 8.66. The van der Waals surface area contributed by atoms with Crippen LogP contribution in [0.1, 0.15) is 0 Å². The number of aromatic nitrogens is 2. The van der Waals surface area contributed by atoms with Crippen LogP contribution in [0, 0.1) is 0 Å². The van der Waals surface area contributed by atoms with Gasteiger partial charge in [-0.2, -0.15) is 0 Å². The number of fused-ring (bicyclic) bond motifs is 1. The average molecular weight is 382 g/mol. The van der Waals surface area contributed by atoms with Crippen molar-refractivity contribution in [2.45, 2.75) is 0 Å². The van der Waals surface area contributed by atoms with E-state index < -0.39 is 0 Å². The van der Waals surface area contributed by atoms with Gasteiger partial charge in [0, 0.05) is 33.7 Å². The maximum absolute atomic E-state index is 13.1. The van der Waals surface area contributed by atoms with E-state index in [2.05, 4.69) is 15.3 Å². The highest BCUT2D eigenvalue weighted by molar-refractivity contribution is 6.31. The number of pyridine rings is 2. The third kappa shape index (κ3) is 3.17. The quantitative estimate of drug-likeness (QED) is 0.482. The summed E-state index contributed by atoms with van der Waals surface area (Å²) in [6, 6.07) is 16.2. The van der Waals surface area contributed by atoms with Crippen molar-refractivity contribution in [1.82, 2.24) is 9.97 Å². The van der Waals surface area contributed by atoms with Crippen molar-refractivity contribution in [2.24, 2.45) is 0 Å². The molecule has 0 aliphatic heterocycles. The molecule has 0 unspecified atom stereocenters. The van der Waals surface area contributed by atoms with Crippen LogP contribution >= 0.6 is 23.2 Å². The second kappa shape index (κ2) is 6.83. The topological polar surface area (TPSA) is 57.8 Å². The lowest BCUT2D eigenvalue weighted by Gasteiger charge is -2.10. The molecule has 0 fully saturated rings. The fourth-order valence-electron chi connectivity index (χ4n) is 2.80. The minimum atomic E-state index is -0.112. The lowest BCUT2D eigenvalue weighted by atomic mass is 10.1. The highest BCUT2D eigenvalue weighted by Crippen LogP contribution is 2.25. The van der Waals surface area contributed by atoms with E-state index in [1.165, 1.54) is 0 Å². The molecule has 6 heteroatoms. The molecule has 0 aliphatic rings.